The van der Waals surface area contributed by atoms with Gasteiger partial charge in [-0.25, -0.2) is 0 Å². The van der Waals surface area contributed by atoms with E-state index in [9.17, 15) is 0 Å². The van der Waals surface area contributed by atoms with Crippen LogP contribution < -0.4 is 21.9 Å². The van der Waals surface area contributed by atoms with Gasteiger partial charge < -0.3 is 0 Å². The molecule has 0 nitrogen and oxygen atoms in total. The largest absolute Gasteiger partial charge is 0.195 e. The molecule has 1 heteroatoms. The van der Waals surface area contributed by atoms with E-state index < -0.39 is 6.15 Å². The Balaban J connectivity index is 0.000000331. The minimum atomic E-state index is -1.22. The van der Waals surface area contributed by atoms with Gasteiger partial charge in [-0.15, -0.1) is 0 Å². The highest BCUT2D eigenvalue weighted by molar-refractivity contribution is 7.19. The van der Waals surface area contributed by atoms with Crippen LogP contribution in [0.2, 0.25) is 0 Å². The molecule has 0 fully saturated rings. The first-order chi connectivity index (χ1) is 16.3. The molecule has 0 aliphatic carbocycles. The van der Waals surface area contributed by atoms with Gasteiger partial charge in [0.1, 0.15) is 6.15 Å². The molecule has 0 heterocycles. The summed E-state index contributed by atoms with van der Waals surface area (Å²) in [6.45, 7) is 4.51. The van der Waals surface area contributed by atoms with E-state index in [1.807, 2.05) is 0 Å². The number of hydrogen-bond donors (Lipinski definition) is 0. The van der Waals surface area contributed by atoms with Crippen LogP contribution in [0, 0.1) is 0 Å². The molecule has 0 bridgehead atoms. The van der Waals surface area contributed by atoms with Gasteiger partial charge >= 0.3 is 0 Å². The van der Waals surface area contributed by atoms with Gasteiger partial charge in [0.05, 0.1) is 0 Å². The van der Waals surface area contributed by atoms with Crippen molar-refractivity contribution in [2.24, 2.45) is 0 Å². The molecule has 0 radical (unpaired) electrons. The Bertz CT molecular complexity index is 842. The highest BCUT2D eigenvalue weighted by Gasteiger charge is 2.30. The first kappa shape index (κ1) is 24.6. The molecule has 4 aromatic rings. The zero-order chi connectivity index (χ0) is 23.2. The predicted molar refractivity (Wildman–Crippen MR) is 149 cm³/mol. The number of hydrogen-bond acceptors (Lipinski definition) is 0. The summed E-state index contributed by atoms with van der Waals surface area (Å²) in [6, 6.07) is 43.5. The maximum absolute atomic E-state index is 2.26. The average Bonchev–Trinajstić information content (AvgIpc) is 2.90. The van der Waals surface area contributed by atoms with E-state index in [0.717, 1.165) is 0 Å². The van der Waals surface area contributed by atoms with Gasteiger partial charge in [-0.2, -0.15) is 21.9 Å². The quantitative estimate of drug-likeness (QED) is 0.211. The molecule has 0 aliphatic heterocycles. The molecule has 4 aromatic carbocycles. The van der Waals surface area contributed by atoms with Crippen LogP contribution >= 0.6 is 0 Å². The van der Waals surface area contributed by atoms with E-state index in [0.29, 0.717) is 0 Å². The lowest BCUT2D eigenvalue weighted by Gasteiger charge is -2.44. The smallest absolute Gasteiger partial charge is 0.108 e. The highest BCUT2D eigenvalue weighted by Crippen LogP contribution is 2.09. The Kier molecular flexibility index (Phi) is 10.0. The summed E-state index contributed by atoms with van der Waals surface area (Å²) in [5, 5.41) is 0. The van der Waals surface area contributed by atoms with Crippen LogP contribution in [-0.2, 0) is 0 Å². The van der Waals surface area contributed by atoms with Crippen LogP contribution in [0.4, 0.5) is 0 Å². The van der Waals surface area contributed by atoms with E-state index in [1.54, 1.807) is 0 Å². The van der Waals surface area contributed by atoms with Crippen molar-refractivity contribution < 1.29 is 0 Å². The normalized spacial score (nSPS) is 10.8. The molecule has 33 heavy (non-hydrogen) atoms. The zero-order valence-electron chi connectivity index (χ0n) is 20.4. The van der Waals surface area contributed by atoms with Gasteiger partial charge in [0, 0.05) is 0 Å². The van der Waals surface area contributed by atoms with Crippen molar-refractivity contribution in [2.75, 3.05) is 0 Å². The second-order valence-corrected chi connectivity index (χ2v) is 8.92. The molecule has 0 saturated carbocycles. The number of unbranched alkanes of at least 4 members (excludes halogenated alkanes) is 5. The van der Waals surface area contributed by atoms with Crippen molar-refractivity contribution in [1.82, 2.24) is 0 Å². The lowest BCUT2D eigenvalue weighted by molar-refractivity contribution is 0.624. The molecule has 0 saturated heterocycles. The first-order valence-electron chi connectivity index (χ1n) is 12.7. The standard InChI is InChI=1S/C24H20B.C8H18/c1-5-13-21(14-6-1)25(22-15-7-2-8-16-22,23-17-9-3-10-18-23)24-19-11-4-12-20-24;1-3-5-7-8-6-4-2/h1-20H;3-8H2,1-2H3/q-1;. The van der Waals surface area contributed by atoms with Crippen LogP contribution in [0.1, 0.15) is 52.4 Å². The van der Waals surface area contributed by atoms with Crippen LogP contribution in [0.3, 0.4) is 0 Å². The van der Waals surface area contributed by atoms with E-state index in [4.69, 9.17) is 0 Å². The van der Waals surface area contributed by atoms with Crippen LogP contribution in [0.5, 0.6) is 0 Å². The van der Waals surface area contributed by atoms with Crippen LogP contribution in [0.25, 0.3) is 0 Å². The highest BCUT2D eigenvalue weighted by atomic mass is 14.1. The van der Waals surface area contributed by atoms with E-state index >= 15 is 0 Å². The Morgan fingerprint density at radius 1 is 0.364 bits per heavy atom. The van der Waals surface area contributed by atoms with Crippen molar-refractivity contribution in [3.8, 4) is 0 Å². The minimum absolute atomic E-state index is 1.22. The van der Waals surface area contributed by atoms with Crippen LogP contribution in [0.15, 0.2) is 121 Å². The summed E-state index contributed by atoms with van der Waals surface area (Å²) in [6.07, 6.45) is 7.27. The summed E-state index contributed by atoms with van der Waals surface area (Å²) in [7, 11) is 0. The first-order valence-corrected chi connectivity index (χ1v) is 12.7. The lowest BCUT2D eigenvalue weighted by atomic mass is 9.13. The summed E-state index contributed by atoms with van der Waals surface area (Å²) < 4.78 is 0. The molecule has 0 aromatic heterocycles. The molecule has 170 valence electrons. The molecular formula is C32H38B-. The molecule has 0 spiro atoms. The fraction of sp³-hybridized carbons (Fsp3) is 0.250. The SMILES string of the molecule is CCCCCCCC.c1ccc([B-](c2ccccc2)(c2ccccc2)c2ccccc2)cc1. The fourth-order valence-corrected chi connectivity index (χ4v) is 4.98. The second kappa shape index (κ2) is 13.5. The maximum atomic E-state index is 2.26. The Labute approximate surface area is 201 Å². The van der Waals surface area contributed by atoms with Gasteiger partial charge in [0.2, 0.25) is 0 Å². The minimum Gasteiger partial charge on any atom is -0.195 e. The topological polar surface area (TPSA) is 0 Å². The summed E-state index contributed by atoms with van der Waals surface area (Å²) >= 11 is 0. The Hall–Kier alpha value is -3.06. The monoisotopic (exact) mass is 433 g/mol. The third-order valence-corrected chi connectivity index (χ3v) is 6.66. The zero-order valence-corrected chi connectivity index (χ0v) is 20.4. The van der Waals surface area contributed by atoms with E-state index in [1.165, 1.54) is 60.4 Å². The average molecular weight is 433 g/mol. The van der Waals surface area contributed by atoms with Gasteiger partial charge in [0.15, 0.2) is 0 Å². The molecule has 0 amide bonds. The number of benzene rings is 4. The van der Waals surface area contributed by atoms with Crippen molar-refractivity contribution in [3.05, 3.63) is 121 Å². The molecular weight excluding hydrogens is 395 g/mol. The second-order valence-electron chi connectivity index (χ2n) is 8.92. The molecule has 0 N–H and O–H groups in total. The Morgan fingerprint density at radius 3 is 0.818 bits per heavy atom. The van der Waals surface area contributed by atoms with Crippen molar-refractivity contribution in [2.45, 2.75) is 52.4 Å². The fourth-order valence-electron chi connectivity index (χ4n) is 4.98. The van der Waals surface area contributed by atoms with Crippen molar-refractivity contribution >= 4 is 28.0 Å². The van der Waals surface area contributed by atoms with Crippen molar-refractivity contribution in [1.29, 1.82) is 0 Å². The summed E-state index contributed by atoms with van der Waals surface area (Å²) in [4.78, 5) is 0. The lowest BCUT2D eigenvalue weighted by Crippen LogP contribution is -2.74. The summed E-state index contributed by atoms with van der Waals surface area (Å²) in [5.41, 5.74) is 5.36. The molecule has 0 aliphatic rings. The van der Waals surface area contributed by atoms with E-state index in [2.05, 4.69) is 135 Å². The number of rotatable bonds is 9. The third kappa shape index (κ3) is 6.26. The Morgan fingerprint density at radius 2 is 0.606 bits per heavy atom. The maximum Gasteiger partial charge on any atom is 0.108 e. The molecule has 0 unspecified atom stereocenters. The van der Waals surface area contributed by atoms with Crippen LogP contribution in [-0.4, -0.2) is 6.15 Å². The van der Waals surface area contributed by atoms with Gasteiger partial charge in [0.25, 0.3) is 0 Å². The molecule has 0 atom stereocenters. The summed E-state index contributed by atoms with van der Waals surface area (Å²) in [5.74, 6) is 0. The molecule has 4 rings (SSSR count). The van der Waals surface area contributed by atoms with E-state index in [-0.39, 0.29) is 0 Å². The van der Waals surface area contributed by atoms with Gasteiger partial charge in [-0.1, -0.05) is 174 Å². The predicted octanol–water partition coefficient (Wildman–Crippen LogP) is 6.43. The van der Waals surface area contributed by atoms with Gasteiger partial charge in [-0.05, 0) is 0 Å². The van der Waals surface area contributed by atoms with Crippen molar-refractivity contribution in [3.63, 3.8) is 0 Å². The third-order valence-electron chi connectivity index (χ3n) is 6.66. The van der Waals surface area contributed by atoms with Gasteiger partial charge in [-0.3, -0.25) is 0 Å².